The van der Waals surface area contributed by atoms with Crippen LogP contribution in [0.2, 0.25) is 0 Å². The standard InChI is InChI=1S/C17H16N2O3S/c1-19-16-8-7-15(11-14(16)12-17(19)20)18-23(21,22)10-9-13-5-3-2-4-6-13/h2-11,18H,12H2,1H3/b10-9+. The number of hydrogen-bond acceptors (Lipinski definition) is 3. The second kappa shape index (κ2) is 5.89. The molecule has 2 aromatic carbocycles. The Morgan fingerprint density at radius 1 is 1.13 bits per heavy atom. The highest BCUT2D eigenvalue weighted by molar-refractivity contribution is 7.95. The molecule has 0 bridgehead atoms. The van der Waals surface area contributed by atoms with Crippen LogP contribution in [0.4, 0.5) is 11.4 Å². The number of carbonyl (C=O) groups is 1. The molecule has 23 heavy (non-hydrogen) atoms. The second-order valence-electron chi connectivity index (χ2n) is 5.33. The third-order valence-corrected chi connectivity index (χ3v) is 4.67. The summed E-state index contributed by atoms with van der Waals surface area (Å²) in [6.45, 7) is 0. The molecule has 1 heterocycles. The van der Waals surface area contributed by atoms with E-state index in [4.69, 9.17) is 0 Å². The lowest BCUT2D eigenvalue weighted by Crippen LogP contribution is -2.20. The average molecular weight is 328 g/mol. The first-order valence-corrected chi connectivity index (χ1v) is 8.65. The van der Waals surface area contributed by atoms with E-state index < -0.39 is 10.0 Å². The fraction of sp³-hybridized carbons (Fsp3) is 0.118. The third-order valence-electron chi connectivity index (χ3n) is 3.66. The van der Waals surface area contributed by atoms with E-state index in [0.29, 0.717) is 12.1 Å². The number of hydrogen-bond donors (Lipinski definition) is 1. The molecule has 0 atom stereocenters. The van der Waals surface area contributed by atoms with Gasteiger partial charge in [0.15, 0.2) is 0 Å². The summed E-state index contributed by atoms with van der Waals surface area (Å²) in [4.78, 5) is 13.2. The molecule has 118 valence electrons. The lowest BCUT2D eigenvalue weighted by molar-refractivity contribution is -0.117. The number of nitrogens with zero attached hydrogens (tertiary/aromatic N) is 1. The Morgan fingerprint density at radius 2 is 1.87 bits per heavy atom. The lowest BCUT2D eigenvalue weighted by Gasteiger charge is -2.11. The van der Waals surface area contributed by atoms with Gasteiger partial charge in [-0.25, -0.2) is 8.42 Å². The van der Waals surface area contributed by atoms with Gasteiger partial charge in [-0.15, -0.1) is 0 Å². The van der Waals surface area contributed by atoms with Crippen LogP contribution in [0.1, 0.15) is 11.1 Å². The molecule has 0 saturated heterocycles. The first-order chi connectivity index (χ1) is 10.9. The molecule has 0 fully saturated rings. The van der Waals surface area contributed by atoms with Crippen LogP contribution < -0.4 is 9.62 Å². The van der Waals surface area contributed by atoms with Gasteiger partial charge < -0.3 is 4.90 Å². The predicted molar refractivity (Wildman–Crippen MR) is 91.6 cm³/mol. The molecule has 1 aliphatic rings. The zero-order valence-corrected chi connectivity index (χ0v) is 13.4. The fourth-order valence-corrected chi connectivity index (χ4v) is 3.32. The van der Waals surface area contributed by atoms with Crippen molar-refractivity contribution < 1.29 is 13.2 Å². The van der Waals surface area contributed by atoms with Gasteiger partial charge in [0.05, 0.1) is 11.8 Å². The Bertz CT molecular complexity index is 874. The minimum absolute atomic E-state index is 0.00369. The van der Waals surface area contributed by atoms with Gasteiger partial charge in [0.2, 0.25) is 5.91 Å². The number of nitrogens with one attached hydrogen (secondary N) is 1. The summed E-state index contributed by atoms with van der Waals surface area (Å²) in [6, 6.07) is 14.3. The molecule has 1 N–H and O–H groups in total. The van der Waals surface area contributed by atoms with E-state index in [-0.39, 0.29) is 5.91 Å². The Kier molecular flexibility index (Phi) is 3.92. The van der Waals surface area contributed by atoms with Gasteiger partial charge in [0, 0.05) is 18.4 Å². The van der Waals surface area contributed by atoms with Gasteiger partial charge in [-0.3, -0.25) is 9.52 Å². The number of rotatable bonds is 4. The normalized spacial score (nSPS) is 14.3. The van der Waals surface area contributed by atoms with Gasteiger partial charge in [-0.05, 0) is 35.4 Å². The minimum atomic E-state index is -3.61. The van der Waals surface area contributed by atoms with E-state index in [0.717, 1.165) is 22.2 Å². The molecule has 0 saturated carbocycles. The molecule has 1 amide bonds. The second-order valence-corrected chi connectivity index (χ2v) is 6.90. The van der Waals surface area contributed by atoms with Crippen LogP contribution >= 0.6 is 0 Å². The van der Waals surface area contributed by atoms with Crippen molar-refractivity contribution in [1.29, 1.82) is 0 Å². The van der Waals surface area contributed by atoms with Crippen molar-refractivity contribution in [2.24, 2.45) is 0 Å². The molecule has 0 radical (unpaired) electrons. The van der Waals surface area contributed by atoms with Crippen LogP contribution in [0.3, 0.4) is 0 Å². The van der Waals surface area contributed by atoms with E-state index in [1.165, 1.54) is 6.08 Å². The van der Waals surface area contributed by atoms with Crippen molar-refractivity contribution in [3.8, 4) is 0 Å². The minimum Gasteiger partial charge on any atom is -0.315 e. The Hall–Kier alpha value is -2.60. The van der Waals surface area contributed by atoms with Crippen LogP contribution in [0.25, 0.3) is 6.08 Å². The number of anilines is 2. The molecule has 1 aliphatic heterocycles. The maximum absolute atomic E-state index is 12.1. The van der Waals surface area contributed by atoms with Crippen LogP contribution in [-0.2, 0) is 21.2 Å². The van der Waals surface area contributed by atoms with E-state index in [9.17, 15) is 13.2 Å². The number of sulfonamides is 1. The smallest absolute Gasteiger partial charge is 0.255 e. The summed E-state index contributed by atoms with van der Waals surface area (Å²) in [5.41, 5.74) is 2.89. The van der Waals surface area contributed by atoms with Crippen molar-refractivity contribution in [2.75, 3.05) is 16.7 Å². The summed E-state index contributed by atoms with van der Waals surface area (Å²) < 4.78 is 26.8. The largest absolute Gasteiger partial charge is 0.315 e. The monoisotopic (exact) mass is 328 g/mol. The van der Waals surface area contributed by atoms with Gasteiger partial charge in [0.1, 0.15) is 0 Å². The molecule has 2 aromatic rings. The van der Waals surface area contributed by atoms with Crippen molar-refractivity contribution in [3.05, 3.63) is 65.1 Å². The van der Waals surface area contributed by atoms with Crippen molar-refractivity contribution >= 4 is 33.4 Å². The summed E-state index contributed by atoms with van der Waals surface area (Å²) in [7, 11) is -1.90. The first kappa shape index (κ1) is 15.3. The Labute approximate surface area is 135 Å². The van der Waals surface area contributed by atoms with Crippen LogP contribution in [-0.4, -0.2) is 21.4 Å². The molecular formula is C17H16N2O3S. The van der Waals surface area contributed by atoms with Crippen molar-refractivity contribution in [2.45, 2.75) is 6.42 Å². The third kappa shape index (κ3) is 3.43. The van der Waals surface area contributed by atoms with E-state index >= 15 is 0 Å². The van der Waals surface area contributed by atoms with Gasteiger partial charge >= 0.3 is 0 Å². The quantitative estimate of drug-likeness (QED) is 0.938. The van der Waals surface area contributed by atoms with Crippen LogP contribution in [0, 0.1) is 0 Å². The highest BCUT2D eigenvalue weighted by atomic mass is 32.2. The molecule has 5 nitrogen and oxygen atoms in total. The Balaban J connectivity index is 1.78. The lowest BCUT2D eigenvalue weighted by atomic mass is 10.1. The van der Waals surface area contributed by atoms with E-state index in [2.05, 4.69) is 4.72 Å². The van der Waals surface area contributed by atoms with Crippen molar-refractivity contribution in [3.63, 3.8) is 0 Å². The highest BCUT2D eigenvalue weighted by Crippen LogP contribution is 2.30. The zero-order valence-electron chi connectivity index (χ0n) is 12.6. The topological polar surface area (TPSA) is 66.5 Å². The maximum Gasteiger partial charge on any atom is 0.255 e. The van der Waals surface area contributed by atoms with Gasteiger partial charge in [0.25, 0.3) is 10.0 Å². The van der Waals surface area contributed by atoms with Crippen molar-refractivity contribution in [1.82, 2.24) is 0 Å². The molecular weight excluding hydrogens is 312 g/mol. The fourth-order valence-electron chi connectivity index (χ4n) is 2.46. The van der Waals surface area contributed by atoms with Crippen LogP contribution in [0.5, 0.6) is 0 Å². The number of fused-ring (bicyclic) bond motifs is 1. The molecule has 0 spiro atoms. The predicted octanol–water partition coefficient (Wildman–Crippen LogP) is 2.62. The number of amides is 1. The molecule has 0 aromatic heterocycles. The summed E-state index contributed by atoms with van der Waals surface area (Å²) in [5, 5.41) is 1.13. The molecule has 0 aliphatic carbocycles. The number of likely N-dealkylation sites (N-methyl/N-ethyl adjacent to an activating group) is 1. The van der Waals surface area contributed by atoms with Crippen LogP contribution in [0.15, 0.2) is 53.9 Å². The summed E-state index contributed by atoms with van der Waals surface area (Å²) >= 11 is 0. The maximum atomic E-state index is 12.1. The molecule has 0 unspecified atom stereocenters. The highest BCUT2D eigenvalue weighted by Gasteiger charge is 2.24. The Morgan fingerprint density at radius 3 is 2.61 bits per heavy atom. The summed E-state index contributed by atoms with van der Waals surface area (Å²) in [6.07, 6.45) is 1.83. The SMILES string of the molecule is CN1C(=O)Cc2cc(NS(=O)(=O)/C=C/c3ccccc3)ccc21. The molecule has 3 rings (SSSR count). The first-order valence-electron chi connectivity index (χ1n) is 7.10. The molecule has 6 heteroatoms. The number of carbonyl (C=O) groups excluding carboxylic acids is 1. The van der Waals surface area contributed by atoms with E-state index in [1.807, 2.05) is 30.3 Å². The zero-order chi connectivity index (χ0) is 16.4. The van der Waals surface area contributed by atoms with E-state index in [1.54, 1.807) is 30.1 Å². The van der Waals surface area contributed by atoms with Gasteiger partial charge in [-0.1, -0.05) is 30.3 Å². The summed E-state index contributed by atoms with van der Waals surface area (Å²) in [5.74, 6) is 0.00369. The van der Waals surface area contributed by atoms with Gasteiger partial charge in [-0.2, -0.15) is 0 Å². The number of benzene rings is 2. The average Bonchev–Trinajstić information content (AvgIpc) is 2.80.